The maximum Gasteiger partial charge on any atom is 0.0714 e. The number of rotatable bonds is 8. The minimum atomic E-state index is -0.707. The topological polar surface area (TPSA) is 8.17 Å². The van der Waals surface area contributed by atoms with E-state index < -0.39 is 11.5 Å². The fourth-order valence-corrected chi connectivity index (χ4v) is 10.00. The van der Waals surface area contributed by atoms with Crippen molar-refractivity contribution in [3.8, 4) is 39.1 Å². The molecule has 0 saturated carbocycles. The first-order valence-corrected chi connectivity index (χ1v) is 21.3. The highest BCUT2D eigenvalue weighted by atomic mass is 15.1. The van der Waals surface area contributed by atoms with Crippen LogP contribution in [0.2, 0.25) is 0 Å². The number of para-hydroxylation sites is 2. The van der Waals surface area contributed by atoms with Crippen molar-refractivity contribution < 1.29 is 6.85 Å². The molecule has 1 heterocycles. The molecule has 0 fully saturated rings. The van der Waals surface area contributed by atoms with Gasteiger partial charge in [0.15, 0.2) is 0 Å². The second-order valence-corrected chi connectivity index (χ2v) is 16.1. The number of aromatic nitrogens is 1. The fraction of sp³-hybridized carbons (Fsp3) is 0.0164. The molecule has 0 N–H and O–H groups in total. The Labute approximate surface area is 375 Å². The fourth-order valence-electron chi connectivity index (χ4n) is 10.00. The smallest absolute Gasteiger partial charge is 0.0714 e. The SMILES string of the molecule is [2H]c1c([2H])c([2H])c(-c2ccc(N(c3ccc(-c4ccccc4)cc3)c3ccc4c(c3)C(c3ccccc3)(c3ccc5c(c3)c3ccccc3n5-c3ccccc3)c3ccccc3-4)cc2)c([2H])c1[2H]. The van der Waals surface area contributed by atoms with Crippen LogP contribution in [0.4, 0.5) is 17.1 Å². The minimum absolute atomic E-state index is 0.174. The zero-order chi connectivity index (χ0) is 46.1. The maximum absolute atomic E-state index is 8.72. The van der Waals surface area contributed by atoms with Crippen LogP contribution >= 0.6 is 0 Å². The minimum Gasteiger partial charge on any atom is -0.310 e. The van der Waals surface area contributed by atoms with E-state index in [-0.39, 0.29) is 29.7 Å². The van der Waals surface area contributed by atoms with Crippen LogP contribution < -0.4 is 4.90 Å². The molecule has 0 spiro atoms. The third-order valence-corrected chi connectivity index (χ3v) is 12.8. The molecule has 1 aromatic heterocycles. The Morgan fingerprint density at radius 2 is 0.921 bits per heavy atom. The molecule has 1 aliphatic carbocycles. The average Bonchev–Trinajstić information content (AvgIpc) is 3.89. The quantitative estimate of drug-likeness (QED) is 0.148. The van der Waals surface area contributed by atoms with Crippen molar-refractivity contribution in [2.45, 2.75) is 5.41 Å². The monoisotopic (exact) mass is 807 g/mol. The van der Waals surface area contributed by atoms with Crippen LogP contribution in [0.3, 0.4) is 0 Å². The summed E-state index contributed by atoms with van der Waals surface area (Å²) in [5, 5.41) is 2.37. The number of hydrogen-bond acceptors (Lipinski definition) is 1. The Bertz CT molecular complexity index is 3690. The number of hydrogen-bond donors (Lipinski definition) is 0. The predicted molar refractivity (Wildman–Crippen MR) is 264 cm³/mol. The molecule has 296 valence electrons. The lowest BCUT2D eigenvalue weighted by atomic mass is 9.67. The van der Waals surface area contributed by atoms with Gasteiger partial charge in [-0.1, -0.05) is 188 Å². The summed E-state index contributed by atoms with van der Waals surface area (Å²) in [6.45, 7) is 0. The van der Waals surface area contributed by atoms with Crippen LogP contribution in [0.15, 0.2) is 255 Å². The molecule has 0 amide bonds. The van der Waals surface area contributed by atoms with Gasteiger partial charge in [-0.25, -0.2) is 0 Å². The number of anilines is 3. The van der Waals surface area contributed by atoms with Gasteiger partial charge in [-0.05, 0) is 122 Å². The van der Waals surface area contributed by atoms with Gasteiger partial charge in [-0.15, -0.1) is 0 Å². The summed E-state index contributed by atoms with van der Waals surface area (Å²) in [6.07, 6.45) is 0. The molecule has 0 saturated heterocycles. The van der Waals surface area contributed by atoms with E-state index in [0.29, 0.717) is 5.56 Å². The van der Waals surface area contributed by atoms with E-state index in [9.17, 15) is 0 Å². The predicted octanol–water partition coefficient (Wildman–Crippen LogP) is 16.0. The van der Waals surface area contributed by atoms with Crippen molar-refractivity contribution in [2.24, 2.45) is 0 Å². The van der Waals surface area contributed by atoms with Crippen LogP contribution in [0.5, 0.6) is 0 Å². The largest absolute Gasteiger partial charge is 0.310 e. The average molecular weight is 808 g/mol. The summed E-state index contributed by atoms with van der Waals surface area (Å²) >= 11 is 0. The van der Waals surface area contributed by atoms with Crippen LogP contribution in [0, 0.1) is 0 Å². The van der Waals surface area contributed by atoms with Crippen molar-refractivity contribution in [3.05, 3.63) is 277 Å². The van der Waals surface area contributed by atoms with Gasteiger partial charge in [0.2, 0.25) is 0 Å². The van der Waals surface area contributed by atoms with Gasteiger partial charge in [0.05, 0.1) is 23.3 Å². The second kappa shape index (κ2) is 15.1. The van der Waals surface area contributed by atoms with Crippen molar-refractivity contribution in [1.82, 2.24) is 4.57 Å². The molecule has 2 nitrogen and oxygen atoms in total. The first-order chi connectivity index (χ1) is 33.3. The van der Waals surface area contributed by atoms with E-state index in [1.54, 1.807) is 0 Å². The lowest BCUT2D eigenvalue weighted by Gasteiger charge is -2.35. The molecule has 0 radical (unpaired) electrons. The van der Waals surface area contributed by atoms with E-state index in [4.69, 9.17) is 6.85 Å². The van der Waals surface area contributed by atoms with E-state index in [0.717, 1.165) is 67.2 Å². The Balaban J connectivity index is 1.09. The summed E-state index contributed by atoms with van der Waals surface area (Å²) in [4.78, 5) is 2.25. The van der Waals surface area contributed by atoms with E-state index in [1.807, 2.05) is 42.5 Å². The number of benzene rings is 10. The zero-order valence-electron chi connectivity index (χ0n) is 39.3. The Kier molecular flexibility index (Phi) is 7.56. The standard InChI is InChI=1S/C61H42N2/c1-5-17-43(18-6-1)45-29-34-50(35-30-45)62(51-36-31-46(32-37-51)44-19-7-2-8-20-44)52-38-39-54-53-25-13-15-27-57(53)61(58(54)42-52,47-21-9-3-10-22-47)48-33-40-60-56(41-48)55-26-14-16-28-59(55)63(60)49-23-11-4-12-24-49/h1-42H/i1D,5D,6D,17D,18D. The van der Waals surface area contributed by atoms with Gasteiger partial charge in [-0.3, -0.25) is 0 Å². The first kappa shape index (κ1) is 31.6. The molecular formula is C61H42N2. The highest BCUT2D eigenvalue weighted by molar-refractivity contribution is 6.10. The Morgan fingerprint density at radius 3 is 1.65 bits per heavy atom. The van der Waals surface area contributed by atoms with E-state index in [2.05, 4.69) is 191 Å². The lowest BCUT2D eigenvalue weighted by molar-refractivity contribution is 0.770. The third kappa shape index (κ3) is 5.95. The van der Waals surface area contributed by atoms with Gasteiger partial charge in [0.1, 0.15) is 0 Å². The summed E-state index contributed by atoms with van der Waals surface area (Å²) in [5.41, 5.74) is 15.4. The number of nitrogens with zero attached hydrogens (tertiary/aromatic N) is 2. The van der Waals surface area contributed by atoms with Gasteiger partial charge in [-0.2, -0.15) is 0 Å². The lowest BCUT2D eigenvalue weighted by Crippen LogP contribution is -2.28. The molecule has 12 rings (SSSR count). The zero-order valence-corrected chi connectivity index (χ0v) is 34.3. The number of fused-ring (bicyclic) bond motifs is 6. The normalized spacial score (nSPS) is 15.2. The van der Waals surface area contributed by atoms with Gasteiger partial charge in [0.25, 0.3) is 0 Å². The van der Waals surface area contributed by atoms with E-state index in [1.165, 1.54) is 21.9 Å². The molecule has 63 heavy (non-hydrogen) atoms. The Morgan fingerprint density at radius 1 is 0.365 bits per heavy atom. The highest BCUT2D eigenvalue weighted by Gasteiger charge is 2.46. The third-order valence-electron chi connectivity index (χ3n) is 12.8. The van der Waals surface area contributed by atoms with Crippen molar-refractivity contribution >= 4 is 38.9 Å². The summed E-state index contributed by atoms with van der Waals surface area (Å²) in [5.74, 6) is 0. The molecule has 0 bridgehead atoms. The highest BCUT2D eigenvalue weighted by Crippen LogP contribution is 2.58. The molecule has 11 aromatic rings. The van der Waals surface area contributed by atoms with Crippen molar-refractivity contribution in [3.63, 3.8) is 0 Å². The van der Waals surface area contributed by atoms with Crippen LogP contribution in [-0.2, 0) is 5.41 Å². The summed E-state index contributed by atoms with van der Waals surface area (Å²) < 4.78 is 44.7. The van der Waals surface area contributed by atoms with E-state index >= 15 is 0 Å². The van der Waals surface area contributed by atoms with Crippen LogP contribution in [0.25, 0.3) is 60.9 Å². The molecule has 1 unspecified atom stereocenters. The second-order valence-electron chi connectivity index (χ2n) is 16.1. The van der Waals surface area contributed by atoms with Crippen LogP contribution in [0.1, 0.15) is 29.1 Å². The summed E-state index contributed by atoms with van der Waals surface area (Å²) in [6, 6.07) is 77.8. The molecule has 2 heteroatoms. The van der Waals surface area contributed by atoms with Crippen LogP contribution in [-0.4, -0.2) is 4.57 Å². The van der Waals surface area contributed by atoms with Crippen molar-refractivity contribution in [1.29, 1.82) is 0 Å². The van der Waals surface area contributed by atoms with Gasteiger partial charge >= 0.3 is 0 Å². The molecule has 1 aliphatic rings. The molecule has 0 aliphatic heterocycles. The Hall–Kier alpha value is -8.20. The van der Waals surface area contributed by atoms with Crippen molar-refractivity contribution in [2.75, 3.05) is 4.90 Å². The van der Waals surface area contributed by atoms with Gasteiger partial charge < -0.3 is 9.47 Å². The molecule has 1 atom stereocenters. The first-order valence-electron chi connectivity index (χ1n) is 23.8. The summed E-state index contributed by atoms with van der Waals surface area (Å²) in [7, 11) is 0. The molecule has 10 aromatic carbocycles. The van der Waals surface area contributed by atoms with Gasteiger partial charge in [0, 0.05) is 33.5 Å². The molecular weight excluding hydrogens is 761 g/mol. The maximum atomic E-state index is 8.72.